The van der Waals surface area contributed by atoms with E-state index in [4.69, 9.17) is 5.73 Å². The fourth-order valence-electron chi connectivity index (χ4n) is 1.40. The molecule has 0 aliphatic carbocycles. The highest BCUT2D eigenvalue weighted by Crippen LogP contribution is 2.09. The molecule has 1 unspecified atom stereocenters. The Morgan fingerprint density at radius 2 is 2.00 bits per heavy atom. The van der Waals surface area contributed by atoms with E-state index >= 15 is 0 Å². The Hall–Kier alpha value is -1.08. The summed E-state index contributed by atoms with van der Waals surface area (Å²) in [6, 6.07) is 10.6. The van der Waals surface area contributed by atoms with Crippen molar-refractivity contribution in [3.8, 4) is 0 Å². The first kappa shape index (κ1) is 10.0. The summed E-state index contributed by atoms with van der Waals surface area (Å²) in [5, 5.41) is 0. The van der Waals surface area contributed by atoms with Crippen LogP contribution in [0.25, 0.3) is 6.08 Å². The molecule has 1 aromatic rings. The lowest BCUT2D eigenvalue weighted by molar-refractivity contribution is 0.734. The fraction of sp³-hybridized carbons (Fsp3) is 0.333. The van der Waals surface area contributed by atoms with Crippen molar-refractivity contribution in [3.05, 3.63) is 41.5 Å². The zero-order chi connectivity index (χ0) is 9.68. The van der Waals surface area contributed by atoms with E-state index in [2.05, 4.69) is 25.1 Å². The van der Waals surface area contributed by atoms with Crippen molar-refractivity contribution in [2.45, 2.75) is 26.3 Å². The van der Waals surface area contributed by atoms with Crippen LogP contribution in [0.3, 0.4) is 0 Å². The van der Waals surface area contributed by atoms with Crippen LogP contribution in [0.2, 0.25) is 0 Å². The van der Waals surface area contributed by atoms with Crippen LogP contribution in [0.15, 0.2) is 35.9 Å². The summed E-state index contributed by atoms with van der Waals surface area (Å²) in [6.45, 7) is 4.15. The van der Waals surface area contributed by atoms with Crippen molar-refractivity contribution in [2.75, 3.05) is 0 Å². The highest BCUT2D eigenvalue weighted by Gasteiger charge is 1.95. The quantitative estimate of drug-likeness (QED) is 0.751. The van der Waals surface area contributed by atoms with E-state index in [9.17, 15) is 0 Å². The van der Waals surface area contributed by atoms with E-state index < -0.39 is 0 Å². The molecule has 0 aliphatic heterocycles. The predicted molar refractivity (Wildman–Crippen MR) is 58.4 cm³/mol. The summed E-state index contributed by atoms with van der Waals surface area (Å²) >= 11 is 0. The van der Waals surface area contributed by atoms with Gasteiger partial charge in [0.15, 0.2) is 0 Å². The molecule has 2 N–H and O–H groups in total. The van der Waals surface area contributed by atoms with Gasteiger partial charge in [0, 0.05) is 6.04 Å². The van der Waals surface area contributed by atoms with E-state index in [-0.39, 0.29) is 6.04 Å². The lowest BCUT2D eigenvalue weighted by atomic mass is 10.1. The van der Waals surface area contributed by atoms with Crippen LogP contribution in [0, 0.1) is 0 Å². The van der Waals surface area contributed by atoms with E-state index in [1.54, 1.807) is 0 Å². The molecule has 0 saturated carbocycles. The van der Waals surface area contributed by atoms with Gasteiger partial charge in [0.2, 0.25) is 0 Å². The first-order valence-corrected chi connectivity index (χ1v) is 4.66. The van der Waals surface area contributed by atoms with E-state index in [0.717, 1.165) is 6.42 Å². The number of nitrogens with two attached hydrogens (primary N) is 1. The summed E-state index contributed by atoms with van der Waals surface area (Å²) in [5.41, 5.74) is 8.29. The molecule has 0 bridgehead atoms. The molecule has 70 valence electrons. The Morgan fingerprint density at radius 3 is 2.54 bits per heavy atom. The average molecular weight is 175 g/mol. The van der Waals surface area contributed by atoms with Gasteiger partial charge in [-0.15, -0.1) is 0 Å². The Morgan fingerprint density at radius 1 is 1.38 bits per heavy atom. The minimum Gasteiger partial charge on any atom is -0.328 e. The van der Waals surface area contributed by atoms with Gasteiger partial charge in [-0.2, -0.15) is 0 Å². The number of rotatable bonds is 3. The van der Waals surface area contributed by atoms with Crippen molar-refractivity contribution in [3.63, 3.8) is 0 Å². The van der Waals surface area contributed by atoms with Gasteiger partial charge in [0.1, 0.15) is 0 Å². The van der Waals surface area contributed by atoms with E-state index in [0.29, 0.717) is 0 Å². The van der Waals surface area contributed by atoms with Crippen LogP contribution in [-0.2, 0) is 0 Å². The molecular formula is C12H17N. The molecule has 0 radical (unpaired) electrons. The summed E-state index contributed by atoms with van der Waals surface area (Å²) in [4.78, 5) is 0. The van der Waals surface area contributed by atoms with Crippen LogP contribution in [0.1, 0.15) is 25.8 Å². The molecule has 0 spiro atoms. The lowest BCUT2D eigenvalue weighted by Crippen LogP contribution is -2.14. The minimum atomic E-state index is 0.250. The van der Waals surface area contributed by atoms with Crippen LogP contribution in [0.5, 0.6) is 0 Å². The third kappa shape index (κ3) is 3.90. The third-order valence-corrected chi connectivity index (χ3v) is 1.86. The molecule has 13 heavy (non-hydrogen) atoms. The molecule has 0 saturated heterocycles. The van der Waals surface area contributed by atoms with Gasteiger partial charge in [-0.1, -0.05) is 42.0 Å². The summed E-state index contributed by atoms with van der Waals surface area (Å²) in [7, 11) is 0. The van der Waals surface area contributed by atoms with E-state index in [1.165, 1.54) is 11.1 Å². The molecule has 1 aromatic carbocycles. The van der Waals surface area contributed by atoms with Gasteiger partial charge in [-0.05, 0) is 25.8 Å². The maximum absolute atomic E-state index is 5.71. The smallest absolute Gasteiger partial charge is 0.00476 e. The highest BCUT2D eigenvalue weighted by atomic mass is 14.6. The summed E-state index contributed by atoms with van der Waals surface area (Å²) < 4.78 is 0. The standard InChI is InChI=1S/C12H17N/c1-10(8-11(2)13)9-12-6-4-3-5-7-12/h3-7,9,11H,8,13H2,1-2H3/b10-9+. The zero-order valence-electron chi connectivity index (χ0n) is 8.33. The zero-order valence-corrected chi connectivity index (χ0v) is 8.33. The second kappa shape index (κ2) is 4.83. The lowest BCUT2D eigenvalue weighted by Gasteiger charge is -2.04. The molecule has 0 heterocycles. The average Bonchev–Trinajstić information content (AvgIpc) is 2.04. The van der Waals surface area contributed by atoms with Crippen LogP contribution in [0.4, 0.5) is 0 Å². The molecule has 1 nitrogen and oxygen atoms in total. The third-order valence-electron chi connectivity index (χ3n) is 1.86. The molecular weight excluding hydrogens is 158 g/mol. The Bertz CT molecular complexity index is 272. The van der Waals surface area contributed by atoms with Gasteiger partial charge in [0.25, 0.3) is 0 Å². The molecule has 0 amide bonds. The summed E-state index contributed by atoms with van der Waals surface area (Å²) in [5.74, 6) is 0. The number of benzene rings is 1. The number of hydrogen-bond donors (Lipinski definition) is 1. The van der Waals surface area contributed by atoms with Gasteiger partial charge in [-0.25, -0.2) is 0 Å². The minimum absolute atomic E-state index is 0.250. The highest BCUT2D eigenvalue weighted by molar-refractivity contribution is 5.52. The Kier molecular flexibility index (Phi) is 3.71. The van der Waals surface area contributed by atoms with Crippen molar-refractivity contribution < 1.29 is 0 Å². The van der Waals surface area contributed by atoms with Crippen molar-refractivity contribution in [1.82, 2.24) is 0 Å². The van der Waals surface area contributed by atoms with Crippen LogP contribution >= 0.6 is 0 Å². The molecule has 0 aliphatic rings. The van der Waals surface area contributed by atoms with Gasteiger partial charge in [0.05, 0.1) is 0 Å². The largest absolute Gasteiger partial charge is 0.328 e. The maximum Gasteiger partial charge on any atom is 0.00476 e. The molecule has 1 rings (SSSR count). The van der Waals surface area contributed by atoms with Crippen LogP contribution < -0.4 is 5.73 Å². The maximum atomic E-state index is 5.71. The monoisotopic (exact) mass is 175 g/mol. The first-order valence-electron chi connectivity index (χ1n) is 4.66. The molecule has 1 heteroatoms. The van der Waals surface area contributed by atoms with Crippen molar-refractivity contribution >= 4 is 6.08 Å². The van der Waals surface area contributed by atoms with Crippen LogP contribution in [-0.4, -0.2) is 6.04 Å². The number of hydrogen-bond acceptors (Lipinski definition) is 1. The first-order chi connectivity index (χ1) is 6.18. The Labute approximate surface area is 80.3 Å². The predicted octanol–water partition coefficient (Wildman–Crippen LogP) is 2.83. The van der Waals surface area contributed by atoms with Gasteiger partial charge >= 0.3 is 0 Å². The normalized spacial score (nSPS) is 14.2. The topological polar surface area (TPSA) is 26.0 Å². The fourth-order valence-corrected chi connectivity index (χ4v) is 1.40. The molecule has 1 atom stereocenters. The van der Waals surface area contributed by atoms with Gasteiger partial charge in [-0.3, -0.25) is 0 Å². The second-order valence-electron chi connectivity index (χ2n) is 3.58. The molecule has 0 fully saturated rings. The van der Waals surface area contributed by atoms with Crippen molar-refractivity contribution in [2.24, 2.45) is 5.73 Å². The van der Waals surface area contributed by atoms with Crippen molar-refractivity contribution in [1.29, 1.82) is 0 Å². The summed E-state index contributed by atoms with van der Waals surface area (Å²) in [6.07, 6.45) is 3.15. The SMILES string of the molecule is C/C(=C\c1ccccc1)CC(C)N. The van der Waals surface area contributed by atoms with E-state index in [1.807, 2.05) is 25.1 Å². The Balaban J connectivity index is 2.66. The second-order valence-corrected chi connectivity index (χ2v) is 3.58. The van der Waals surface area contributed by atoms with Gasteiger partial charge < -0.3 is 5.73 Å². The molecule has 0 aromatic heterocycles.